The van der Waals surface area contributed by atoms with Gasteiger partial charge in [-0.2, -0.15) is 0 Å². The SMILES string of the molecule is Cc1nc(C(C)NC2CCN(Cc3ccccc3)C2)cs1. The van der Waals surface area contributed by atoms with Crippen LogP contribution < -0.4 is 5.32 Å². The van der Waals surface area contributed by atoms with Gasteiger partial charge >= 0.3 is 0 Å². The maximum atomic E-state index is 4.58. The Morgan fingerprint density at radius 3 is 2.90 bits per heavy atom. The van der Waals surface area contributed by atoms with E-state index in [1.165, 1.54) is 24.2 Å². The van der Waals surface area contributed by atoms with E-state index in [4.69, 9.17) is 0 Å². The Morgan fingerprint density at radius 1 is 1.38 bits per heavy atom. The molecule has 2 heterocycles. The molecule has 2 unspecified atom stereocenters. The van der Waals surface area contributed by atoms with Gasteiger partial charge in [-0.15, -0.1) is 11.3 Å². The highest BCUT2D eigenvalue weighted by molar-refractivity contribution is 7.09. The topological polar surface area (TPSA) is 28.2 Å². The molecule has 2 aromatic rings. The molecule has 112 valence electrons. The van der Waals surface area contributed by atoms with Crippen LogP contribution in [0.5, 0.6) is 0 Å². The lowest BCUT2D eigenvalue weighted by molar-refractivity contribution is 0.316. The van der Waals surface area contributed by atoms with E-state index in [-0.39, 0.29) is 0 Å². The van der Waals surface area contributed by atoms with Crippen molar-refractivity contribution in [2.75, 3.05) is 13.1 Å². The number of nitrogens with zero attached hydrogens (tertiary/aromatic N) is 2. The second-order valence-corrected chi connectivity index (χ2v) is 6.95. The average molecular weight is 301 g/mol. The molecule has 0 aliphatic carbocycles. The van der Waals surface area contributed by atoms with E-state index in [1.54, 1.807) is 11.3 Å². The van der Waals surface area contributed by atoms with Gasteiger partial charge in [-0.1, -0.05) is 30.3 Å². The van der Waals surface area contributed by atoms with Crippen molar-refractivity contribution < 1.29 is 0 Å². The predicted molar refractivity (Wildman–Crippen MR) is 88.5 cm³/mol. The Hall–Kier alpha value is -1.23. The lowest BCUT2D eigenvalue weighted by Crippen LogP contribution is -2.34. The normalized spacial score (nSPS) is 20.8. The summed E-state index contributed by atoms with van der Waals surface area (Å²) in [5.41, 5.74) is 2.58. The van der Waals surface area contributed by atoms with Gasteiger partial charge in [0.05, 0.1) is 10.7 Å². The summed E-state index contributed by atoms with van der Waals surface area (Å²) in [6.45, 7) is 7.65. The van der Waals surface area contributed by atoms with Crippen molar-refractivity contribution in [2.45, 2.75) is 38.9 Å². The third-order valence-electron chi connectivity index (χ3n) is 4.09. The number of hydrogen-bond acceptors (Lipinski definition) is 4. The molecule has 0 bridgehead atoms. The van der Waals surface area contributed by atoms with Crippen LogP contribution in [0.25, 0.3) is 0 Å². The van der Waals surface area contributed by atoms with Crippen LogP contribution in [0.4, 0.5) is 0 Å². The van der Waals surface area contributed by atoms with Crippen molar-refractivity contribution in [3.05, 3.63) is 52.0 Å². The smallest absolute Gasteiger partial charge is 0.0898 e. The number of aryl methyl sites for hydroxylation is 1. The van der Waals surface area contributed by atoms with E-state index >= 15 is 0 Å². The molecular formula is C17H23N3S. The Bertz CT molecular complexity index is 566. The first-order valence-electron chi connectivity index (χ1n) is 7.65. The van der Waals surface area contributed by atoms with Crippen LogP contribution in [0.3, 0.4) is 0 Å². The highest BCUT2D eigenvalue weighted by atomic mass is 32.1. The van der Waals surface area contributed by atoms with Gasteiger partial charge in [0.1, 0.15) is 0 Å². The maximum Gasteiger partial charge on any atom is 0.0898 e. The molecule has 21 heavy (non-hydrogen) atoms. The Labute approximate surface area is 131 Å². The Morgan fingerprint density at radius 2 is 2.19 bits per heavy atom. The quantitative estimate of drug-likeness (QED) is 0.917. The predicted octanol–water partition coefficient (Wildman–Crippen LogP) is 3.38. The second-order valence-electron chi connectivity index (χ2n) is 5.89. The minimum atomic E-state index is 0.344. The van der Waals surface area contributed by atoms with E-state index in [0.29, 0.717) is 12.1 Å². The highest BCUT2D eigenvalue weighted by Crippen LogP contribution is 2.19. The van der Waals surface area contributed by atoms with Gasteiger partial charge in [-0.25, -0.2) is 4.98 Å². The maximum absolute atomic E-state index is 4.58. The molecule has 0 amide bonds. The van der Waals surface area contributed by atoms with Gasteiger partial charge in [0, 0.05) is 37.1 Å². The fraction of sp³-hybridized carbons (Fsp3) is 0.471. The van der Waals surface area contributed by atoms with Crippen molar-refractivity contribution in [1.29, 1.82) is 0 Å². The summed E-state index contributed by atoms with van der Waals surface area (Å²) in [5, 5.41) is 7.05. The van der Waals surface area contributed by atoms with Gasteiger partial charge in [0.2, 0.25) is 0 Å². The first kappa shape index (κ1) is 14.7. The first-order chi connectivity index (χ1) is 10.2. The van der Waals surface area contributed by atoms with Gasteiger partial charge in [0.25, 0.3) is 0 Å². The number of likely N-dealkylation sites (tertiary alicyclic amines) is 1. The second kappa shape index (κ2) is 6.69. The van der Waals surface area contributed by atoms with Crippen LogP contribution in [0.15, 0.2) is 35.7 Å². The standard InChI is InChI=1S/C17H23N3S/c1-13(17-12-21-14(2)19-17)18-16-8-9-20(11-16)10-15-6-4-3-5-7-15/h3-7,12-13,16,18H,8-11H2,1-2H3. The molecule has 0 radical (unpaired) electrons. The lowest BCUT2D eigenvalue weighted by Gasteiger charge is -2.19. The molecule has 1 aliphatic rings. The molecule has 1 N–H and O–H groups in total. The largest absolute Gasteiger partial charge is 0.305 e. The lowest BCUT2D eigenvalue weighted by atomic mass is 10.2. The molecular weight excluding hydrogens is 278 g/mol. The van der Waals surface area contributed by atoms with Crippen LogP contribution in [0, 0.1) is 6.92 Å². The fourth-order valence-electron chi connectivity index (χ4n) is 2.97. The number of rotatable bonds is 5. The van der Waals surface area contributed by atoms with E-state index in [0.717, 1.165) is 18.1 Å². The zero-order valence-corrected chi connectivity index (χ0v) is 13.6. The van der Waals surface area contributed by atoms with E-state index in [2.05, 4.69) is 64.8 Å². The third-order valence-corrected chi connectivity index (χ3v) is 4.88. The summed E-state index contributed by atoms with van der Waals surface area (Å²) in [4.78, 5) is 7.12. The average Bonchev–Trinajstić information content (AvgIpc) is 3.09. The van der Waals surface area contributed by atoms with Gasteiger partial charge in [-0.05, 0) is 25.8 Å². The van der Waals surface area contributed by atoms with Crippen LogP contribution in [0.1, 0.15) is 35.7 Å². The first-order valence-corrected chi connectivity index (χ1v) is 8.53. The minimum Gasteiger partial charge on any atom is -0.305 e. The van der Waals surface area contributed by atoms with E-state index in [1.807, 2.05) is 0 Å². The Balaban J connectivity index is 1.50. The highest BCUT2D eigenvalue weighted by Gasteiger charge is 2.24. The molecule has 1 fully saturated rings. The molecule has 4 heteroatoms. The third kappa shape index (κ3) is 3.90. The summed E-state index contributed by atoms with van der Waals surface area (Å²) < 4.78 is 0. The summed E-state index contributed by atoms with van der Waals surface area (Å²) in [5.74, 6) is 0. The Kier molecular flexibility index (Phi) is 4.68. The van der Waals surface area contributed by atoms with Crippen molar-refractivity contribution in [2.24, 2.45) is 0 Å². The summed E-state index contributed by atoms with van der Waals surface area (Å²) >= 11 is 1.73. The number of thiazole rings is 1. The monoisotopic (exact) mass is 301 g/mol. The summed E-state index contributed by atoms with van der Waals surface area (Å²) in [6, 6.07) is 11.7. The molecule has 1 aliphatic heterocycles. The van der Waals surface area contributed by atoms with Gasteiger partial charge < -0.3 is 5.32 Å². The fourth-order valence-corrected chi connectivity index (χ4v) is 3.68. The minimum absolute atomic E-state index is 0.344. The number of benzene rings is 1. The van der Waals surface area contributed by atoms with Gasteiger partial charge in [-0.3, -0.25) is 4.90 Å². The van der Waals surface area contributed by atoms with Crippen molar-refractivity contribution >= 4 is 11.3 Å². The van der Waals surface area contributed by atoms with Crippen LogP contribution in [0.2, 0.25) is 0 Å². The summed E-state index contributed by atoms with van der Waals surface area (Å²) in [7, 11) is 0. The van der Waals surface area contributed by atoms with Crippen LogP contribution >= 0.6 is 11.3 Å². The van der Waals surface area contributed by atoms with E-state index < -0.39 is 0 Å². The zero-order chi connectivity index (χ0) is 14.7. The molecule has 0 spiro atoms. The van der Waals surface area contributed by atoms with E-state index in [9.17, 15) is 0 Å². The number of nitrogens with one attached hydrogen (secondary N) is 1. The molecule has 1 saturated heterocycles. The molecule has 1 aromatic carbocycles. The molecule has 2 atom stereocenters. The zero-order valence-electron chi connectivity index (χ0n) is 12.7. The van der Waals surface area contributed by atoms with Crippen molar-refractivity contribution in [3.8, 4) is 0 Å². The van der Waals surface area contributed by atoms with Crippen molar-refractivity contribution in [1.82, 2.24) is 15.2 Å². The molecule has 1 aromatic heterocycles. The molecule has 3 nitrogen and oxygen atoms in total. The van der Waals surface area contributed by atoms with Gasteiger partial charge in [0.15, 0.2) is 0 Å². The summed E-state index contributed by atoms with van der Waals surface area (Å²) in [6.07, 6.45) is 1.22. The number of aromatic nitrogens is 1. The molecule has 0 saturated carbocycles. The van der Waals surface area contributed by atoms with Crippen molar-refractivity contribution in [3.63, 3.8) is 0 Å². The van der Waals surface area contributed by atoms with Crippen LogP contribution in [-0.4, -0.2) is 29.0 Å². The molecule has 3 rings (SSSR count). The number of hydrogen-bond donors (Lipinski definition) is 1. The van der Waals surface area contributed by atoms with Crippen LogP contribution in [-0.2, 0) is 6.54 Å².